The van der Waals surface area contributed by atoms with Gasteiger partial charge in [-0.2, -0.15) is 0 Å². The molecule has 4 heteroatoms. The first-order valence-corrected chi connectivity index (χ1v) is 5.03. The lowest BCUT2D eigenvalue weighted by molar-refractivity contribution is 0.495. The van der Waals surface area contributed by atoms with Crippen LogP contribution < -0.4 is 4.72 Å². The van der Waals surface area contributed by atoms with E-state index in [-0.39, 0.29) is 4.91 Å². The molecule has 70 valence electrons. The summed E-state index contributed by atoms with van der Waals surface area (Å²) in [6, 6.07) is 0. The van der Waals surface area contributed by atoms with Gasteiger partial charge in [0.2, 0.25) is 10.0 Å². The standard InChI is InChI=1S/C8H15NO2S/c1-6-7(2)12(10,11)9-8(3,4)5/h6,9H,1-2H2,3-5H3. The Balaban J connectivity index is 4.68. The molecule has 0 unspecified atom stereocenters. The summed E-state index contributed by atoms with van der Waals surface area (Å²) in [4.78, 5) is -0.00238. The Hall–Kier alpha value is -0.610. The van der Waals surface area contributed by atoms with E-state index in [1.54, 1.807) is 20.8 Å². The second kappa shape index (κ2) is 3.41. The number of sulfonamides is 1. The van der Waals surface area contributed by atoms with Crippen LogP contribution in [0.5, 0.6) is 0 Å². The number of allylic oxidation sites excluding steroid dienone is 1. The summed E-state index contributed by atoms with van der Waals surface area (Å²) in [6.07, 6.45) is 1.22. The molecule has 0 saturated carbocycles. The summed E-state index contributed by atoms with van der Waals surface area (Å²) >= 11 is 0. The first kappa shape index (κ1) is 11.4. The van der Waals surface area contributed by atoms with Gasteiger partial charge in [0.05, 0.1) is 4.91 Å². The van der Waals surface area contributed by atoms with Gasteiger partial charge in [-0.25, -0.2) is 13.1 Å². The average molecular weight is 189 g/mol. The minimum Gasteiger partial charge on any atom is -0.207 e. The Bertz CT molecular complexity index is 283. The van der Waals surface area contributed by atoms with Gasteiger partial charge in [0.15, 0.2) is 0 Å². The Morgan fingerprint density at radius 3 is 2.08 bits per heavy atom. The van der Waals surface area contributed by atoms with Crippen LogP contribution in [0.1, 0.15) is 20.8 Å². The van der Waals surface area contributed by atoms with E-state index >= 15 is 0 Å². The lowest BCUT2D eigenvalue weighted by Crippen LogP contribution is -2.40. The maximum atomic E-state index is 11.3. The van der Waals surface area contributed by atoms with E-state index in [9.17, 15) is 8.42 Å². The van der Waals surface area contributed by atoms with E-state index < -0.39 is 15.6 Å². The van der Waals surface area contributed by atoms with E-state index in [2.05, 4.69) is 17.9 Å². The van der Waals surface area contributed by atoms with Crippen LogP contribution in [0.4, 0.5) is 0 Å². The SMILES string of the molecule is C=CC(=C)S(=O)(=O)NC(C)(C)C. The maximum absolute atomic E-state index is 11.3. The largest absolute Gasteiger partial charge is 0.240 e. The molecule has 0 heterocycles. The van der Waals surface area contributed by atoms with Crippen LogP contribution in [-0.2, 0) is 10.0 Å². The van der Waals surface area contributed by atoms with Crippen LogP contribution in [0.25, 0.3) is 0 Å². The highest BCUT2D eigenvalue weighted by molar-refractivity contribution is 7.93. The van der Waals surface area contributed by atoms with Gasteiger partial charge in [-0.15, -0.1) is 0 Å². The molecule has 0 bridgehead atoms. The number of nitrogens with one attached hydrogen (secondary N) is 1. The Labute approximate surface area is 74.2 Å². The molecular formula is C8H15NO2S. The van der Waals surface area contributed by atoms with Crippen molar-refractivity contribution >= 4 is 10.0 Å². The summed E-state index contributed by atoms with van der Waals surface area (Å²) in [7, 11) is -3.43. The zero-order valence-corrected chi connectivity index (χ0v) is 8.53. The van der Waals surface area contributed by atoms with Gasteiger partial charge in [-0.3, -0.25) is 0 Å². The molecule has 1 N–H and O–H groups in total. The van der Waals surface area contributed by atoms with Crippen molar-refractivity contribution in [2.75, 3.05) is 0 Å². The predicted molar refractivity (Wildman–Crippen MR) is 51.1 cm³/mol. The van der Waals surface area contributed by atoms with Gasteiger partial charge in [0.1, 0.15) is 0 Å². The summed E-state index contributed by atoms with van der Waals surface area (Å²) in [6.45, 7) is 12.0. The van der Waals surface area contributed by atoms with E-state index in [4.69, 9.17) is 0 Å². The van der Waals surface area contributed by atoms with Crippen LogP contribution in [0.15, 0.2) is 24.1 Å². The fourth-order valence-electron chi connectivity index (χ4n) is 0.578. The maximum Gasteiger partial charge on any atom is 0.240 e. The second-order valence-electron chi connectivity index (χ2n) is 3.53. The minimum atomic E-state index is -3.43. The van der Waals surface area contributed by atoms with Crippen molar-refractivity contribution in [3.63, 3.8) is 0 Å². The second-order valence-corrected chi connectivity index (χ2v) is 5.26. The van der Waals surface area contributed by atoms with Gasteiger partial charge in [0.25, 0.3) is 0 Å². The molecule has 12 heavy (non-hydrogen) atoms. The molecule has 0 aromatic rings. The van der Waals surface area contributed by atoms with Crippen molar-refractivity contribution in [3.05, 3.63) is 24.1 Å². The van der Waals surface area contributed by atoms with Crippen molar-refractivity contribution in [2.45, 2.75) is 26.3 Å². The van der Waals surface area contributed by atoms with Gasteiger partial charge < -0.3 is 0 Å². The lowest BCUT2D eigenvalue weighted by Gasteiger charge is -2.20. The third-order valence-corrected chi connectivity index (χ3v) is 2.75. The summed E-state index contributed by atoms with van der Waals surface area (Å²) in [5.41, 5.74) is -0.481. The highest BCUT2D eigenvalue weighted by Gasteiger charge is 2.20. The van der Waals surface area contributed by atoms with Crippen molar-refractivity contribution in [2.24, 2.45) is 0 Å². The fraction of sp³-hybridized carbons (Fsp3) is 0.500. The van der Waals surface area contributed by atoms with Crippen molar-refractivity contribution in [1.82, 2.24) is 4.72 Å². The van der Waals surface area contributed by atoms with Crippen LogP contribution in [-0.4, -0.2) is 14.0 Å². The predicted octanol–water partition coefficient (Wildman–Crippen LogP) is 1.40. The molecule has 3 nitrogen and oxygen atoms in total. The van der Waals surface area contributed by atoms with E-state index in [1.165, 1.54) is 6.08 Å². The monoisotopic (exact) mass is 189 g/mol. The molecule has 0 aliphatic heterocycles. The third kappa shape index (κ3) is 3.69. The summed E-state index contributed by atoms with van der Waals surface area (Å²) < 4.78 is 25.0. The molecule has 0 atom stereocenters. The number of hydrogen-bond donors (Lipinski definition) is 1. The zero-order chi connectivity index (χ0) is 9.99. The van der Waals surface area contributed by atoms with Gasteiger partial charge in [-0.1, -0.05) is 13.2 Å². The third-order valence-electron chi connectivity index (χ3n) is 1.01. The molecule has 0 aliphatic rings. The molecule has 0 fully saturated rings. The van der Waals surface area contributed by atoms with E-state index in [0.29, 0.717) is 0 Å². The molecular weight excluding hydrogens is 174 g/mol. The fourth-order valence-corrected chi connectivity index (χ4v) is 1.74. The zero-order valence-electron chi connectivity index (χ0n) is 7.72. The van der Waals surface area contributed by atoms with Crippen LogP contribution in [0, 0.1) is 0 Å². The highest BCUT2D eigenvalue weighted by Crippen LogP contribution is 2.08. The highest BCUT2D eigenvalue weighted by atomic mass is 32.2. The molecule has 0 radical (unpaired) electrons. The molecule has 0 amide bonds. The molecule has 0 aliphatic carbocycles. The number of hydrogen-bond acceptors (Lipinski definition) is 2. The molecule has 0 saturated heterocycles. The van der Waals surface area contributed by atoms with E-state index in [0.717, 1.165) is 0 Å². The smallest absolute Gasteiger partial charge is 0.207 e. The molecule has 0 aromatic heterocycles. The van der Waals surface area contributed by atoms with Gasteiger partial charge in [-0.05, 0) is 26.8 Å². The summed E-state index contributed by atoms with van der Waals surface area (Å²) in [5.74, 6) is 0. The number of rotatable bonds is 3. The van der Waals surface area contributed by atoms with Crippen LogP contribution in [0.2, 0.25) is 0 Å². The lowest BCUT2D eigenvalue weighted by atomic mass is 10.1. The Morgan fingerprint density at radius 2 is 1.83 bits per heavy atom. The topological polar surface area (TPSA) is 46.2 Å². The van der Waals surface area contributed by atoms with Crippen LogP contribution in [0.3, 0.4) is 0 Å². The van der Waals surface area contributed by atoms with Crippen LogP contribution >= 0.6 is 0 Å². The van der Waals surface area contributed by atoms with Crippen molar-refractivity contribution in [1.29, 1.82) is 0 Å². The van der Waals surface area contributed by atoms with E-state index in [1.807, 2.05) is 0 Å². The molecule has 0 aromatic carbocycles. The Morgan fingerprint density at radius 1 is 1.42 bits per heavy atom. The summed E-state index contributed by atoms with van der Waals surface area (Å²) in [5, 5.41) is 0. The average Bonchev–Trinajstić information content (AvgIpc) is 1.80. The van der Waals surface area contributed by atoms with Crippen molar-refractivity contribution < 1.29 is 8.42 Å². The molecule has 0 spiro atoms. The van der Waals surface area contributed by atoms with Gasteiger partial charge in [0, 0.05) is 5.54 Å². The molecule has 0 rings (SSSR count). The van der Waals surface area contributed by atoms with Gasteiger partial charge >= 0.3 is 0 Å². The minimum absolute atomic E-state index is 0.00238. The quantitative estimate of drug-likeness (QED) is 0.682. The Kier molecular flexibility index (Phi) is 3.24. The first-order chi connectivity index (χ1) is 5.19. The normalized spacial score (nSPS) is 12.6. The first-order valence-electron chi connectivity index (χ1n) is 3.54. The van der Waals surface area contributed by atoms with Crippen molar-refractivity contribution in [3.8, 4) is 0 Å².